The van der Waals surface area contributed by atoms with Gasteiger partial charge in [-0.15, -0.1) is 0 Å². The van der Waals surface area contributed by atoms with Crippen molar-refractivity contribution in [3.8, 4) is 11.5 Å². The lowest BCUT2D eigenvalue weighted by Gasteiger charge is -2.21. The van der Waals surface area contributed by atoms with Crippen molar-refractivity contribution in [1.82, 2.24) is 0 Å². The first-order valence-corrected chi connectivity index (χ1v) is 7.35. The molecule has 1 aliphatic rings. The summed E-state index contributed by atoms with van der Waals surface area (Å²) >= 11 is 0. The summed E-state index contributed by atoms with van der Waals surface area (Å²) < 4.78 is 11.3. The summed E-state index contributed by atoms with van der Waals surface area (Å²) in [4.78, 5) is 11.3. The van der Waals surface area contributed by atoms with Gasteiger partial charge in [-0.25, -0.2) is 0 Å². The molecule has 0 fully saturated rings. The Morgan fingerprint density at radius 1 is 1.48 bits per heavy atom. The van der Waals surface area contributed by atoms with E-state index in [1.165, 1.54) is 0 Å². The second-order valence-electron chi connectivity index (χ2n) is 5.36. The molecule has 0 amide bonds. The van der Waals surface area contributed by atoms with Crippen LogP contribution in [0.4, 0.5) is 0 Å². The molecule has 1 aliphatic heterocycles. The molecule has 2 N–H and O–H groups in total. The number of aliphatic hydroxyl groups is 1. The van der Waals surface area contributed by atoms with Crippen LogP contribution >= 0.6 is 0 Å². The van der Waals surface area contributed by atoms with Gasteiger partial charge in [0.2, 0.25) is 0 Å². The van der Waals surface area contributed by atoms with Crippen molar-refractivity contribution >= 4 is 5.97 Å². The van der Waals surface area contributed by atoms with Crippen LogP contribution in [0.3, 0.4) is 0 Å². The van der Waals surface area contributed by atoms with Gasteiger partial charge in [0, 0.05) is 17.5 Å². The van der Waals surface area contributed by atoms with E-state index in [1.54, 1.807) is 13.0 Å². The molecule has 2 rings (SSSR count). The summed E-state index contributed by atoms with van der Waals surface area (Å²) in [6.45, 7) is 6.03. The average molecular weight is 294 g/mol. The Balaban J connectivity index is 2.41. The van der Waals surface area contributed by atoms with Gasteiger partial charge in [0.1, 0.15) is 17.6 Å². The highest BCUT2D eigenvalue weighted by Crippen LogP contribution is 2.40. The molecule has 116 valence electrons. The first kappa shape index (κ1) is 15.6. The standard InChI is InChI=1S/C16H22O5/c1-4-11(16(18)19)15(17)12-8-13-10(6-9(3)21-13)7-14(12)20-5-2/h7-9,11,15,17H,4-6H2,1-3H3,(H,18,19). The SMILES string of the molecule is CCOc1cc2c(cc1C(O)C(CC)C(=O)O)OC(C)C2. The lowest BCUT2D eigenvalue weighted by molar-refractivity contribution is -0.146. The first-order chi connectivity index (χ1) is 9.97. The van der Waals surface area contributed by atoms with Crippen LogP contribution in [0.1, 0.15) is 44.4 Å². The maximum Gasteiger partial charge on any atom is 0.309 e. The average Bonchev–Trinajstić information content (AvgIpc) is 2.77. The van der Waals surface area contributed by atoms with Gasteiger partial charge >= 0.3 is 5.97 Å². The second-order valence-corrected chi connectivity index (χ2v) is 5.36. The molecule has 0 bridgehead atoms. The largest absolute Gasteiger partial charge is 0.493 e. The molecule has 21 heavy (non-hydrogen) atoms. The monoisotopic (exact) mass is 294 g/mol. The number of rotatable bonds is 6. The molecular weight excluding hydrogens is 272 g/mol. The second kappa shape index (κ2) is 6.35. The summed E-state index contributed by atoms with van der Waals surface area (Å²) in [7, 11) is 0. The molecule has 0 aromatic heterocycles. The van der Waals surface area contributed by atoms with Crippen LogP contribution in [0.15, 0.2) is 12.1 Å². The van der Waals surface area contributed by atoms with E-state index in [0.29, 0.717) is 30.1 Å². The smallest absolute Gasteiger partial charge is 0.309 e. The van der Waals surface area contributed by atoms with Crippen molar-refractivity contribution in [1.29, 1.82) is 0 Å². The van der Waals surface area contributed by atoms with Gasteiger partial charge in [0.25, 0.3) is 0 Å². The molecule has 0 saturated heterocycles. The Kier molecular flexibility index (Phi) is 4.73. The lowest BCUT2D eigenvalue weighted by atomic mass is 9.92. The van der Waals surface area contributed by atoms with E-state index in [0.717, 1.165) is 12.0 Å². The van der Waals surface area contributed by atoms with E-state index < -0.39 is 18.0 Å². The summed E-state index contributed by atoms with van der Waals surface area (Å²) in [5.41, 5.74) is 1.52. The number of carbonyl (C=O) groups is 1. The van der Waals surface area contributed by atoms with Crippen LogP contribution in [-0.2, 0) is 11.2 Å². The summed E-state index contributed by atoms with van der Waals surface area (Å²) in [5, 5.41) is 19.7. The maximum absolute atomic E-state index is 11.3. The van der Waals surface area contributed by atoms with E-state index >= 15 is 0 Å². The molecule has 1 aromatic carbocycles. The van der Waals surface area contributed by atoms with Crippen LogP contribution in [0.2, 0.25) is 0 Å². The van der Waals surface area contributed by atoms with Crippen LogP contribution in [-0.4, -0.2) is 28.9 Å². The van der Waals surface area contributed by atoms with E-state index in [-0.39, 0.29) is 6.10 Å². The summed E-state index contributed by atoms with van der Waals surface area (Å²) in [6.07, 6.45) is 0.111. The van der Waals surface area contributed by atoms with Gasteiger partial charge < -0.3 is 19.7 Å². The Bertz CT molecular complexity index is 526. The number of ether oxygens (including phenoxy) is 2. The molecular formula is C16H22O5. The van der Waals surface area contributed by atoms with E-state index in [2.05, 4.69) is 0 Å². The summed E-state index contributed by atoms with van der Waals surface area (Å²) in [6, 6.07) is 3.58. The zero-order valence-corrected chi connectivity index (χ0v) is 12.6. The highest BCUT2D eigenvalue weighted by Gasteiger charge is 2.31. The predicted octanol–water partition coefficient (Wildman–Crippen LogP) is 2.55. The molecule has 1 aromatic rings. The molecule has 0 radical (unpaired) electrons. The van der Waals surface area contributed by atoms with Gasteiger partial charge in [-0.3, -0.25) is 4.79 Å². The Morgan fingerprint density at radius 2 is 2.19 bits per heavy atom. The van der Waals surface area contributed by atoms with E-state index in [1.807, 2.05) is 19.9 Å². The fourth-order valence-electron chi connectivity index (χ4n) is 2.72. The highest BCUT2D eigenvalue weighted by molar-refractivity contribution is 5.71. The van der Waals surface area contributed by atoms with Crippen molar-refractivity contribution in [3.05, 3.63) is 23.3 Å². The zero-order chi connectivity index (χ0) is 15.6. The lowest BCUT2D eigenvalue weighted by Crippen LogP contribution is -2.22. The van der Waals surface area contributed by atoms with Crippen molar-refractivity contribution < 1.29 is 24.5 Å². The summed E-state index contributed by atoms with van der Waals surface area (Å²) in [5.74, 6) is -0.621. The number of hydrogen-bond donors (Lipinski definition) is 2. The molecule has 1 heterocycles. The van der Waals surface area contributed by atoms with Crippen molar-refractivity contribution in [2.24, 2.45) is 5.92 Å². The van der Waals surface area contributed by atoms with Crippen LogP contribution in [0.5, 0.6) is 11.5 Å². The fourth-order valence-corrected chi connectivity index (χ4v) is 2.72. The zero-order valence-electron chi connectivity index (χ0n) is 12.6. The molecule has 5 nitrogen and oxygen atoms in total. The number of fused-ring (bicyclic) bond motifs is 1. The molecule has 0 spiro atoms. The number of benzene rings is 1. The number of aliphatic carboxylic acids is 1. The third-order valence-electron chi connectivity index (χ3n) is 3.79. The normalized spacial score (nSPS) is 19.5. The minimum atomic E-state index is -1.11. The van der Waals surface area contributed by atoms with Crippen LogP contribution < -0.4 is 9.47 Å². The molecule has 5 heteroatoms. The molecule has 0 saturated carbocycles. The number of hydrogen-bond acceptors (Lipinski definition) is 4. The van der Waals surface area contributed by atoms with Gasteiger partial charge in [0.05, 0.1) is 18.6 Å². The van der Waals surface area contributed by atoms with Crippen molar-refractivity contribution in [2.75, 3.05) is 6.61 Å². The van der Waals surface area contributed by atoms with Gasteiger partial charge in [-0.2, -0.15) is 0 Å². The van der Waals surface area contributed by atoms with Gasteiger partial charge in [-0.1, -0.05) is 6.92 Å². The van der Waals surface area contributed by atoms with Crippen molar-refractivity contribution in [3.63, 3.8) is 0 Å². The fraction of sp³-hybridized carbons (Fsp3) is 0.562. The van der Waals surface area contributed by atoms with E-state index in [4.69, 9.17) is 9.47 Å². The minimum absolute atomic E-state index is 0.0864. The minimum Gasteiger partial charge on any atom is -0.493 e. The van der Waals surface area contributed by atoms with Gasteiger partial charge in [0.15, 0.2) is 0 Å². The number of carboxylic acid groups (broad SMARTS) is 1. The third kappa shape index (κ3) is 3.13. The van der Waals surface area contributed by atoms with E-state index in [9.17, 15) is 15.0 Å². The first-order valence-electron chi connectivity index (χ1n) is 7.35. The molecule has 0 aliphatic carbocycles. The Hall–Kier alpha value is -1.75. The quantitative estimate of drug-likeness (QED) is 0.843. The maximum atomic E-state index is 11.3. The van der Waals surface area contributed by atoms with Crippen molar-refractivity contribution in [2.45, 2.75) is 45.8 Å². The predicted molar refractivity (Wildman–Crippen MR) is 77.8 cm³/mol. The molecule has 3 unspecified atom stereocenters. The van der Waals surface area contributed by atoms with Gasteiger partial charge in [-0.05, 0) is 32.4 Å². The highest BCUT2D eigenvalue weighted by atomic mass is 16.5. The number of aliphatic hydroxyl groups excluding tert-OH is 1. The Morgan fingerprint density at radius 3 is 2.76 bits per heavy atom. The van der Waals surface area contributed by atoms with Crippen LogP contribution in [0, 0.1) is 5.92 Å². The number of carboxylic acids is 1. The van der Waals surface area contributed by atoms with Crippen LogP contribution in [0.25, 0.3) is 0 Å². The molecule has 3 atom stereocenters. The third-order valence-corrected chi connectivity index (χ3v) is 3.79. The Labute approximate surface area is 124 Å². The topological polar surface area (TPSA) is 76.0 Å².